The Balaban J connectivity index is 2.63. The van der Waals surface area contributed by atoms with Crippen LogP contribution in [0.1, 0.15) is 11.1 Å². The van der Waals surface area contributed by atoms with Gasteiger partial charge in [0.2, 0.25) is 0 Å². The second kappa shape index (κ2) is 7.01. The van der Waals surface area contributed by atoms with Gasteiger partial charge in [0, 0.05) is 0 Å². The largest absolute Gasteiger partial charge is 0.403 e. The van der Waals surface area contributed by atoms with Crippen molar-refractivity contribution in [1.29, 1.82) is 0 Å². The minimum Gasteiger partial charge on any atom is -0.206 e. The van der Waals surface area contributed by atoms with E-state index >= 15 is 0 Å². The van der Waals surface area contributed by atoms with Crippen molar-refractivity contribution in [3.8, 4) is 0 Å². The Bertz CT molecular complexity index is 906. The van der Waals surface area contributed by atoms with Crippen molar-refractivity contribution >= 4 is 20.0 Å². The van der Waals surface area contributed by atoms with Crippen molar-refractivity contribution in [2.75, 3.05) is 6.54 Å². The second-order valence-corrected chi connectivity index (χ2v) is 9.64. The molecule has 0 spiro atoms. The SMILES string of the molecule is Cc1ccc(S(=O)(=O)N(CC(F)(F)F)S(=O)(=O)c2ccc(C)cc2)cc1. The number of halogens is 3. The lowest BCUT2D eigenvalue weighted by molar-refractivity contribution is -0.129. The van der Waals surface area contributed by atoms with Crippen LogP contribution in [0.5, 0.6) is 0 Å². The highest BCUT2D eigenvalue weighted by molar-refractivity contribution is 8.04. The molecule has 10 heteroatoms. The van der Waals surface area contributed by atoms with Crippen molar-refractivity contribution in [1.82, 2.24) is 3.71 Å². The quantitative estimate of drug-likeness (QED) is 0.763. The molecule has 142 valence electrons. The molecule has 0 aliphatic rings. The topological polar surface area (TPSA) is 71.5 Å². The molecule has 2 aromatic rings. The molecule has 0 heterocycles. The first kappa shape index (κ1) is 20.4. The van der Waals surface area contributed by atoms with E-state index in [0.717, 1.165) is 24.3 Å². The van der Waals surface area contributed by atoms with Crippen LogP contribution >= 0.6 is 0 Å². The molecule has 0 amide bonds. The molecule has 0 saturated heterocycles. The highest BCUT2D eigenvalue weighted by Gasteiger charge is 2.44. The van der Waals surface area contributed by atoms with Crippen molar-refractivity contribution < 1.29 is 30.0 Å². The van der Waals surface area contributed by atoms with Gasteiger partial charge in [-0.05, 0) is 38.1 Å². The average molecular weight is 407 g/mol. The van der Waals surface area contributed by atoms with Gasteiger partial charge in [0.1, 0.15) is 6.54 Å². The number of nitrogens with zero attached hydrogens (tertiary/aromatic N) is 1. The molecule has 5 nitrogen and oxygen atoms in total. The van der Waals surface area contributed by atoms with Gasteiger partial charge in [-0.25, -0.2) is 16.8 Å². The summed E-state index contributed by atoms with van der Waals surface area (Å²) in [5, 5.41) is 0. The Kier molecular flexibility index (Phi) is 5.50. The van der Waals surface area contributed by atoms with Crippen LogP contribution < -0.4 is 0 Å². The lowest BCUT2D eigenvalue weighted by Gasteiger charge is -2.23. The number of benzene rings is 2. The Morgan fingerprint density at radius 3 is 1.31 bits per heavy atom. The standard InChI is InChI=1S/C16H16F3NO4S2/c1-12-3-7-14(8-4-12)25(21,22)20(11-16(17,18)19)26(23,24)15-9-5-13(2)6-10-15/h3-10H,11H2,1-2H3. The summed E-state index contributed by atoms with van der Waals surface area (Å²) >= 11 is 0. The fourth-order valence-electron chi connectivity index (χ4n) is 2.10. The van der Waals surface area contributed by atoms with Gasteiger partial charge in [-0.15, -0.1) is 0 Å². The number of sulfonamides is 2. The fraction of sp³-hybridized carbons (Fsp3) is 0.250. The molecule has 2 rings (SSSR count). The zero-order chi connectivity index (χ0) is 19.8. The maximum absolute atomic E-state index is 13.0. The third-order valence-electron chi connectivity index (χ3n) is 3.48. The highest BCUT2D eigenvalue weighted by atomic mass is 32.3. The first-order valence-electron chi connectivity index (χ1n) is 7.32. The van der Waals surface area contributed by atoms with Gasteiger partial charge in [-0.2, -0.15) is 13.2 Å². The third kappa shape index (κ3) is 4.43. The maximum atomic E-state index is 13.0. The lowest BCUT2D eigenvalue weighted by atomic mass is 10.2. The lowest BCUT2D eigenvalue weighted by Crippen LogP contribution is -2.43. The summed E-state index contributed by atoms with van der Waals surface area (Å²) in [6.45, 7) is 1.17. The van der Waals surface area contributed by atoms with Crippen molar-refractivity contribution in [2.24, 2.45) is 0 Å². The molecular formula is C16H16F3NO4S2. The van der Waals surface area contributed by atoms with E-state index in [1.54, 1.807) is 13.8 Å². The summed E-state index contributed by atoms with van der Waals surface area (Å²) in [6, 6.07) is 9.76. The van der Waals surface area contributed by atoms with Gasteiger partial charge in [0.25, 0.3) is 20.0 Å². The van der Waals surface area contributed by atoms with E-state index in [2.05, 4.69) is 0 Å². The van der Waals surface area contributed by atoms with Gasteiger partial charge in [-0.3, -0.25) is 0 Å². The van der Waals surface area contributed by atoms with Crippen LogP contribution in [0.15, 0.2) is 58.3 Å². The van der Waals surface area contributed by atoms with Crippen molar-refractivity contribution in [3.05, 3.63) is 59.7 Å². The van der Waals surface area contributed by atoms with E-state index in [4.69, 9.17) is 0 Å². The van der Waals surface area contributed by atoms with Crippen LogP contribution in [0, 0.1) is 13.8 Å². The molecule has 0 aliphatic heterocycles. The molecule has 26 heavy (non-hydrogen) atoms. The summed E-state index contributed by atoms with van der Waals surface area (Å²) in [7, 11) is -9.88. The van der Waals surface area contributed by atoms with E-state index in [0.29, 0.717) is 11.1 Å². The third-order valence-corrected chi connectivity index (χ3v) is 7.73. The molecule has 0 bridgehead atoms. The summed E-state index contributed by atoms with van der Waals surface area (Å²) in [4.78, 5) is -1.08. The normalized spacial score (nSPS) is 13.2. The zero-order valence-electron chi connectivity index (χ0n) is 13.9. The monoisotopic (exact) mass is 407 g/mol. The number of alkyl halides is 3. The van der Waals surface area contributed by atoms with Gasteiger partial charge < -0.3 is 0 Å². The number of aryl methyl sites for hydroxylation is 2. The summed E-state index contributed by atoms with van der Waals surface area (Å²) in [5.74, 6) is 0. The van der Waals surface area contributed by atoms with E-state index in [1.165, 1.54) is 24.3 Å². The van der Waals surface area contributed by atoms with Crippen LogP contribution in [0.2, 0.25) is 0 Å². The second-order valence-electron chi connectivity index (χ2n) is 5.68. The van der Waals surface area contributed by atoms with Crippen molar-refractivity contribution in [2.45, 2.75) is 29.8 Å². The Labute approximate surface area is 150 Å². The smallest absolute Gasteiger partial charge is 0.206 e. The molecular weight excluding hydrogens is 391 g/mol. The molecule has 0 saturated carbocycles. The summed E-state index contributed by atoms with van der Waals surface area (Å²) < 4.78 is 89.0. The number of hydrogen-bond acceptors (Lipinski definition) is 4. The Morgan fingerprint density at radius 2 is 1.04 bits per heavy atom. The van der Waals surface area contributed by atoms with E-state index < -0.39 is 46.3 Å². The van der Waals surface area contributed by atoms with E-state index in [-0.39, 0.29) is 0 Å². The molecule has 0 radical (unpaired) electrons. The Morgan fingerprint density at radius 1 is 0.731 bits per heavy atom. The molecule has 0 unspecified atom stereocenters. The molecule has 0 N–H and O–H groups in total. The molecule has 0 fully saturated rings. The van der Waals surface area contributed by atoms with Gasteiger partial charge in [0.15, 0.2) is 0 Å². The zero-order valence-corrected chi connectivity index (χ0v) is 15.5. The molecule has 2 aromatic carbocycles. The minimum absolute atomic E-state index is 0.505. The molecule has 0 aliphatic carbocycles. The van der Waals surface area contributed by atoms with E-state index in [9.17, 15) is 30.0 Å². The molecule has 0 aromatic heterocycles. The Hall–Kier alpha value is -1.91. The average Bonchev–Trinajstić information content (AvgIpc) is 2.52. The van der Waals surface area contributed by atoms with Crippen LogP contribution in [0.25, 0.3) is 0 Å². The summed E-state index contributed by atoms with van der Waals surface area (Å²) in [5.41, 5.74) is 1.35. The maximum Gasteiger partial charge on any atom is 0.403 e. The van der Waals surface area contributed by atoms with Crippen LogP contribution in [-0.4, -0.2) is 33.3 Å². The first-order chi connectivity index (χ1) is 11.8. The van der Waals surface area contributed by atoms with E-state index in [1.807, 2.05) is 0 Å². The van der Waals surface area contributed by atoms with Gasteiger partial charge in [0.05, 0.1) is 9.79 Å². The highest BCUT2D eigenvalue weighted by Crippen LogP contribution is 2.29. The van der Waals surface area contributed by atoms with Crippen LogP contribution in [-0.2, 0) is 20.0 Å². The van der Waals surface area contributed by atoms with Crippen LogP contribution in [0.3, 0.4) is 0 Å². The van der Waals surface area contributed by atoms with Gasteiger partial charge >= 0.3 is 6.18 Å². The predicted octanol–water partition coefficient (Wildman–Crippen LogP) is 3.25. The minimum atomic E-state index is -5.05. The summed E-state index contributed by atoms with van der Waals surface area (Å²) in [6.07, 6.45) is -5.05. The molecule has 0 atom stereocenters. The number of hydrogen-bond donors (Lipinski definition) is 0. The fourth-order valence-corrected chi connectivity index (χ4v) is 5.71. The number of rotatable bonds is 5. The van der Waals surface area contributed by atoms with Gasteiger partial charge in [-0.1, -0.05) is 39.1 Å². The van der Waals surface area contributed by atoms with Crippen molar-refractivity contribution in [3.63, 3.8) is 0 Å². The predicted molar refractivity (Wildman–Crippen MR) is 89.5 cm³/mol. The first-order valence-corrected chi connectivity index (χ1v) is 10.2. The van der Waals surface area contributed by atoms with Crippen LogP contribution in [0.4, 0.5) is 13.2 Å².